The fourth-order valence-corrected chi connectivity index (χ4v) is 7.75. The molecule has 3 aliphatic heterocycles. The molecule has 7 rings (SSSR count). The molecule has 2 unspecified atom stereocenters. The zero-order chi connectivity index (χ0) is 30.7. The molecular formula is C30H32F5N7OS. The van der Waals surface area contributed by atoms with Crippen LogP contribution in [0.3, 0.4) is 0 Å². The largest absolute Gasteiger partial charge is 0.462 e. The minimum absolute atomic E-state index is 0.0428. The van der Waals surface area contributed by atoms with E-state index in [-0.39, 0.29) is 68.4 Å². The number of hydrogen-bond donors (Lipinski definition) is 2. The maximum atomic E-state index is 16.7. The number of aromatic nitrogens is 3. The summed E-state index contributed by atoms with van der Waals surface area (Å²) in [7, 11) is 0. The zero-order valence-corrected chi connectivity index (χ0v) is 24.9. The van der Waals surface area contributed by atoms with Crippen LogP contribution in [0.4, 0.5) is 32.9 Å². The summed E-state index contributed by atoms with van der Waals surface area (Å²) in [6, 6.07) is 3.36. The van der Waals surface area contributed by atoms with Crippen LogP contribution in [0.25, 0.3) is 32.2 Å². The molecule has 3 saturated heterocycles. The van der Waals surface area contributed by atoms with Gasteiger partial charge in [0.2, 0.25) is 0 Å². The van der Waals surface area contributed by atoms with Crippen molar-refractivity contribution in [2.24, 2.45) is 0 Å². The van der Waals surface area contributed by atoms with E-state index in [1.54, 1.807) is 0 Å². The first-order valence-corrected chi connectivity index (χ1v) is 15.8. The number of likely N-dealkylation sites (tertiary alicyclic amines) is 1. The summed E-state index contributed by atoms with van der Waals surface area (Å²) in [5.74, 6) is -1.70. The first-order valence-electron chi connectivity index (χ1n) is 14.9. The first kappa shape index (κ1) is 29.4. The van der Waals surface area contributed by atoms with Crippen LogP contribution in [0.1, 0.15) is 44.6 Å². The second kappa shape index (κ2) is 11.2. The predicted molar refractivity (Wildman–Crippen MR) is 160 cm³/mol. The van der Waals surface area contributed by atoms with Gasteiger partial charge in [-0.2, -0.15) is 23.1 Å². The highest BCUT2D eigenvalue weighted by Crippen LogP contribution is 2.46. The third-order valence-electron chi connectivity index (χ3n) is 8.91. The molecule has 44 heavy (non-hydrogen) atoms. The van der Waals surface area contributed by atoms with Gasteiger partial charge in [0.15, 0.2) is 10.9 Å². The lowest BCUT2D eigenvalue weighted by molar-refractivity contribution is -0.137. The van der Waals surface area contributed by atoms with E-state index < -0.39 is 28.9 Å². The van der Waals surface area contributed by atoms with Crippen molar-refractivity contribution in [2.45, 2.75) is 63.3 Å². The van der Waals surface area contributed by atoms with Crippen LogP contribution in [-0.2, 0) is 6.18 Å². The van der Waals surface area contributed by atoms with E-state index >= 15 is 4.39 Å². The third kappa shape index (κ3) is 5.20. The molecule has 0 spiro atoms. The number of benzene rings is 2. The van der Waals surface area contributed by atoms with Gasteiger partial charge in [-0.3, -0.25) is 4.90 Å². The SMILES string of the molecule is CCCN1CCC[C@H]1COc1nc(N2CC3CCC(C2)N3)c2cc(C(F)(F)F)c(-c3ccc(F)c4sc(N)nc34)c(F)c2n1. The molecule has 3 aliphatic rings. The minimum atomic E-state index is -4.95. The van der Waals surface area contributed by atoms with Gasteiger partial charge < -0.3 is 20.7 Å². The Morgan fingerprint density at radius 1 is 1.07 bits per heavy atom. The molecule has 234 valence electrons. The summed E-state index contributed by atoms with van der Waals surface area (Å²) in [5.41, 5.74) is 3.16. The van der Waals surface area contributed by atoms with Crippen molar-refractivity contribution >= 4 is 43.4 Å². The highest BCUT2D eigenvalue weighted by atomic mass is 32.1. The van der Waals surface area contributed by atoms with Crippen LogP contribution in [0.15, 0.2) is 18.2 Å². The number of ether oxygens (including phenoxy) is 1. The minimum Gasteiger partial charge on any atom is -0.462 e. The van der Waals surface area contributed by atoms with E-state index in [0.717, 1.165) is 74.7 Å². The van der Waals surface area contributed by atoms with Gasteiger partial charge in [0, 0.05) is 47.7 Å². The smallest absolute Gasteiger partial charge is 0.417 e. The highest BCUT2D eigenvalue weighted by molar-refractivity contribution is 7.22. The van der Waals surface area contributed by atoms with Crippen molar-refractivity contribution in [1.82, 2.24) is 25.2 Å². The Labute approximate surface area is 254 Å². The van der Waals surface area contributed by atoms with Crippen molar-refractivity contribution in [1.29, 1.82) is 0 Å². The second-order valence-electron chi connectivity index (χ2n) is 11.8. The third-order valence-corrected chi connectivity index (χ3v) is 9.80. The summed E-state index contributed by atoms with van der Waals surface area (Å²) in [6.07, 6.45) is -0.112. The second-order valence-corrected chi connectivity index (χ2v) is 12.9. The number of hydrogen-bond acceptors (Lipinski definition) is 9. The Kier molecular flexibility index (Phi) is 7.48. The fourth-order valence-electron chi connectivity index (χ4n) is 6.98. The van der Waals surface area contributed by atoms with Gasteiger partial charge in [0.1, 0.15) is 23.8 Å². The zero-order valence-electron chi connectivity index (χ0n) is 24.1. The molecule has 0 radical (unpaired) electrons. The van der Waals surface area contributed by atoms with E-state index in [2.05, 4.69) is 32.1 Å². The van der Waals surface area contributed by atoms with Crippen LogP contribution < -0.4 is 20.7 Å². The average molecular weight is 634 g/mol. The molecule has 3 atom stereocenters. The lowest BCUT2D eigenvalue weighted by atomic mass is 9.95. The number of nitrogens with zero attached hydrogens (tertiary/aromatic N) is 5. The average Bonchev–Trinajstić information content (AvgIpc) is 3.70. The molecule has 14 heteroatoms. The van der Waals surface area contributed by atoms with Gasteiger partial charge in [-0.05, 0) is 63.4 Å². The Morgan fingerprint density at radius 3 is 2.57 bits per heavy atom. The lowest BCUT2D eigenvalue weighted by Gasteiger charge is -2.34. The number of anilines is 2. The molecule has 2 aromatic heterocycles. The topological polar surface area (TPSA) is 92.4 Å². The number of nitrogen functional groups attached to an aromatic ring is 1. The number of thiazole rings is 1. The van der Waals surface area contributed by atoms with Crippen molar-refractivity contribution in [3.8, 4) is 17.1 Å². The Morgan fingerprint density at radius 2 is 1.84 bits per heavy atom. The molecular weight excluding hydrogens is 601 g/mol. The molecule has 2 aromatic carbocycles. The molecule has 0 amide bonds. The van der Waals surface area contributed by atoms with Gasteiger partial charge in [0.25, 0.3) is 0 Å². The van der Waals surface area contributed by atoms with Gasteiger partial charge in [-0.15, -0.1) is 0 Å². The fraction of sp³-hybridized carbons (Fsp3) is 0.500. The van der Waals surface area contributed by atoms with E-state index in [4.69, 9.17) is 10.5 Å². The maximum absolute atomic E-state index is 16.7. The van der Waals surface area contributed by atoms with Crippen molar-refractivity contribution in [2.75, 3.05) is 43.4 Å². The highest BCUT2D eigenvalue weighted by Gasteiger charge is 2.40. The number of fused-ring (bicyclic) bond motifs is 4. The van der Waals surface area contributed by atoms with Crippen LogP contribution in [0, 0.1) is 11.6 Å². The van der Waals surface area contributed by atoms with Gasteiger partial charge in [0.05, 0.1) is 15.8 Å². The summed E-state index contributed by atoms with van der Waals surface area (Å²) >= 11 is 0.788. The summed E-state index contributed by atoms with van der Waals surface area (Å²) in [5, 5.41) is 3.41. The lowest BCUT2D eigenvalue weighted by Crippen LogP contribution is -2.51. The molecule has 8 nitrogen and oxygen atoms in total. The first-order chi connectivity index (χ1) is 21.1. The van der Waals surface area contributed by atoms with Crippen molar-refractivity contribution in [3.63, 3.8) is 0 Å². The van der Waals surface area contributed by atoms with E-state index in [9.17, 15) is 17.6 Å². The number of nitrogens with one attached hydrogen (secondary N) is 1. The summed E-state index contributed by atoms with van der Waals surface area (Å²) < 4.78 is 81.6. The molecule has 2 bridgehead atoms. The number of nitrogens with two attached hydrogens (primary N) is 1. The van der Waals surface area contributed by atoms with E-state index in [1.807, 2.05) is 4.90 Å². The predicted octanol–water partition coefficient (Wildman–Crippen LogP) is 5.98. The molecule has 3 N–H and O–H groups in total. The normalized spacial score (nSPS) is 22.5. The number of alkyl halides is 3. The van der Waals surface area contributed by atoms with Gasteiger partial charge in [-0.1, -0.05) is 18.3 Å². The molecule has 5 heterocycles. The molecule has 4 aromatic rings. The Bertz CT molecular complexity index is 1720. The summed E-state index contributed by atoms with van der Waals surface area (Å²) in [4.78, 5) is 17.3. The van der Waals surface area contributed by atoms with Crippen LogP contribution in [-0.4, -0.2) is 70.8 Å². The maximum Gasteiger partial charge on any atom is 0.417 e. The van der Waals surface area contributed by atoms with Crippen molar-refractivity contribution < 1.29 is 26.7 Å². The standard InChI is InChI=1S/C30H32F5N7OS/c1-2-9-41-10-3-4-17(41)14-43-29-39-24-19(27(40-29)42-12-15-5-6-16(13-42)37-15)11-20(30(33,34)35)22(23(24)32)18-7-8-21(31)26-25(18)38-28(36)44-26/h7-8,11,15-17,37H,2-6,9-10,12-14H2,1H3,(H2,36,38)/t15?,16?,17-/m0/s1. The Balaban J connectivity index is 1.41. The van der Waals surface area contributed by atoms with E-state index in [1.165, 1.54) is 0 Å². The molecule has 0 aliphatic carbocycles. The quantitative estimate of drug-likeness (QED) is 0.240. The van der Waals surface area contributed by atoms with E-state index in [0.29, 0.717) is 13.1 Å². The van der Waals surface area contributed by atoms with Crippen LogP contribution >= 0.6 is 11.3 Å². The van der Waals surface area contributed by atoms with Crippen molar-refractivity contribution in [3.05, 3.63) is 35.4 Å². The van der Waals surface area contributed by atoms with Crippen LogP contribution in [0.5, 0.6) is 6.01 Å². The van der Waals surface area contributed by atoms with Gasteiger partial charge >= 0.3 is 12.2 Å². The monoisotopic (exact) mass is 633 g/mol. The number of rotatable bonds is 7. The Hall–Kier alpha value is -3.36. The molecule has 0 saturated carbocycles. The van der Waals surface area contributed by atoms with Crippen LogP contribution in [0.2, 0.25) is 0 Å². The van der Waals surface area contributed by atoms with Gasteiger partial charge in [-0.25, -0.2) is 13.8 Å². The summed E-state index contributed by atoms with van der Waals surface area (Å²) in [6.45, 7) is 5.30. The molecule has 3 fully saturated rings. The number of halogens is 5. The number of piperazine rings is 1.